The van der Waals surface area contributed by atoms with Crippen molar-refractivity contribution in [3.63, 3.8) is 0 Å². The molecule has 0 fully saturated rings. The zero-order chi connectivity index (χ0) is 21.3. The van der Waals surface area contributed by atoms with Crippen molar-refractivity contribution in [2.75, 3.05) is 0 Å². The lowest BCUT2D eigenvalue weighted by Crippen LogP contribution is -2.19. The summed E-state index contributed by atoms with van der Waals surface area (Å²) in [6.45, 7) is 16.4. The van der Waals surface area contributed by atoms with Crippen LogP contribution in [0.4, 0.5) is 0 Å². The second-order valence-corrected chi connectivity index (χ2v) is 16.9. The summed E-state index contributed by atoms with van der Waals surface area (Å²) in [5.74, 6) is 0. The lowest BCUT2D eigenvalue weighted by molar-refractivity contribution is 0.568. The largest absolute Gasteiger partial charge is 0.318 e. The van der Waals surface area contributed by atoms with Crippen LogP contribution in [0.1, 0.15) is 55.4 Å². The number of rotatable bonds is 7. The Morgan fingerprint density at radius 3 is 0.857 bits per heavy atom. The molecule has 2 aromatic carbocycles. The molecule has 0 spiro atoms. The summed E-state index contributed by atoms with van der Waals surface area (Å²) in [4.78, 5) is 0. The average Bonchev–Trinajstić information content (AvgIpc) is 2.66. The molecule has 0 aliphatic rings. The minimum absolute atomic E-state index is 0.138. The molecule has 2 aromatic rings. The van der Waals surface area contributed by atoms with Gasteiger partial charge in [0.05, 0.1) is 0 Å². The van der Waals surface area contributed by atoms with Gasteiger partial charge in [0.2, 0.25) is 0 Å². The summed E-state index contributed by atoms with van der Waals surface area (Å²) < 4.78 is 27.0. The van der Waals surface area contributed by atoms with E-state index in [2.05, 4.69) is 79.7 Å². The van der Waals surface area contributed by atoms with Crippen molar-refractivity contribution in [2.45, 2.75) is 78.0 Å². The smallest absolute Gasteiger partial charge is 0.120 e. The summed E-state index contributed by atoms with van der Waals surface area (Å²) in [5.41, 5.74) is 2.74. The molecule has 154 valence electrons. The third kappa shape index (κ3) is 4.10. The maximum atomic E-state index is 13.5. The fourth-order valence-corrected chi connectivity index (χ4v) is 10.2. The Kier molecular flexibility index (Phi) is 7.22. The Labute approximate surface area is 171 Å². The van der Waals surface area contributed by atoms with Crippen LogP contribution in [0, 0.1) is 0 Å². The Bertz CT molecular complexity index is 776. The molecule has 0 atom stereocenters. The molecular formula is C24H36O2P2. The maximum Gasteiger partial charge on any atom is 0.120 e. The van der Waals surface area contributed by atoms with E-state index in [0.29, 0.717) is 0 Å². The third-order valence-corrected chi connectivity index (χ3v) is 14.3. The number of hydrogen-bond donors (Lipinski definition) is 0. The van der Waals surface area contributed by atoms with Gasteiger partial charge in [-0.2, -0.15) is 0 Å². The van der Waals surface area contributed by atoms with Gasteiger partial charge in [-0.15, -0.1) is 0 Å². The molecule has 0 aliphatic carbocycles. The van der Waals surface area contributed by atoms with Crippen LogP contribution in [0.3, 0.4) is 0 Å². The van der Waals surface area contributed by atoms with Gasteiger partial charge in [0, 0.05) is 33.2 Å². The van der Waals surface area contributed by atoms with E-state index < -0.39 is 14.3 Å². The topological polar surface area (TPSA) is 34.1 Å². The van der Waals surface area contributed by atoms with Gasteiger partial charge in [0.25, 0.3) is 0 Å². The number of hydrogen-bond acceptors (Lipinski definition) is 2. The highest BCUT2D eigenvalue weighted by molar-refractivity contribution is 7.73. The first-order valence-electron chi connectivity index (χ1n) is 10.4. The normalized spacial score (nSPS) is 13.1. The standard InChI is InChI=1S/C24H36O2P2/c1-17(2)27(25,18(3)4)23-13-9-21(10-14-23)22-11-15-24(16-12-22)28(26,19(5)6)20(7)8/h9-20H,1-8H3. The molecule has 0 N–H and O–H groups in total. The van der Waals surface area contributed by atoms with Gasteiger partial charge in [-0.05, 0) is 11.1 Å². The first kappa shape index (κ1) is 23.2. The van der Waals surface area contributed by atoms with Crippen LogP contribution >= 0.6 is 14.3 Å². The fraction of sp³-hybridized carbons (Fsp3) is 0.500. The summed E-state index contributed by atoms with van der Waals surface area (Å²) in [6.07, 6.45) is 0. The second kappa shape index (κ2) is 8.73. The quantitative estimate of drug-likeness (QED) is 0.455. The molecule has 0 heterocycles. The van der Waals surface area contributed by atoms with Gasteiger partial charge in [-0.25, -0.2) is 0 Å². The predicted octanol–water partition coefficient (Wildman–Crippen LogP) is 6.96. The van der Waals surface area contributed by atoms with Gasteiger partial charge < -0.3 is 9.13 Å². The van der Waals surface area contributed by atoms with Crippen molar-refractivity contribution in [3.05, 3.63) is 48.5 Å². The first-order valence-corrected chi connectivity index (χ1v) is 14.0. The van der Waals surface area contributed by atoms with Gasteiger partial charge in [0.15, 0.2) is 0 Å². The molecule has 4 heteroatoms. The second-order valence-electron chi connectivity index (χ2n) is 8.89. The SMILES string of the molecule is CC(C)P(=O)(c1ccc(-c2ccc(P(=O)(C(C)C)C(C)C)cc2)cc1)C(C)C. The molecule has 0 aromatic heterocycles. The third-order valence-electron chi connectivity index (χ3n) is 5.94. The van der Waals surface area contributed by atoms with E-state index >= 15 is 0 Å². The molecule has 0 saturated heterocycles. The van der Waals surface area contributed by atoms with Crippen molar-refractivity contribution in [3.8, 4) is 11.1 Å². The van der Waals surface area contributed by atoms with Gasteiger partial charge in [0.1, 0.15) is 14.3 Å². The molecule has 2 nitrogen and oxygen atoms in total. The Balaban J connectivity index is 2.38. The van der Waals surface area contributed by atoms with Gasteiger partial charge in [-0.3, -0.25) is 0 Å². The molecule has 28 heavy (non-hydrogen) atoms. The van der Waals surface area contributed by atoms with E-state index in [1.807, 2.05) is 24.3 Å². The van der Waals surface area contributed by atoms with E-state index in [0.717, 1.165) is 21.7 Å². The highest BCUT2D eigenvalue weighted by Gasteiger charge is 2.33. The summed E-state index contributed by atoms with van der Waals surface area (Å²) >= 11 is 0. The Morgan fingerprint density at radius 1 is 0.464 bits per heavy atom. The van der Waals surface area contributed by atoms with Crippen molar-refractivity contribution < 1.29 is 9.13 Å². The summed E-state index contributed by atoms with van der Waals surface area (Å²) in [5, 5.41) is 1.92. The Hall–Kier alpha value is -1.10. The first-order chi connectivity index (χ1) is 13.0. The van der Waals surface area contributed by atoms with Crippen molar-refractivity contribution in [1.29, 1.82) is 0 Å². The van der Waals surface area contributed by atoms with Crippen LogP contribution in [0.15, 0.2) is 48.5 Å². The monoisotopic (exact) mass is 418 g/mol. The molecule has 2 rings (SSSR count). The van der Waals surface area contributed by atoms with E-state index in [-0.39, 0.29) is 22.6 Å². The molecule has 0 radical (unpaired) electrons. The van der Waals surface area contributed by atoms with Crippen LogP contribution in [0.25, 0.3) is 11.1 Å². The summed E-state index contributed by atoms with van der Waals surface area (Å²) in [6, 6.07) is 16.3. The van der Waals surface area contributed by atoms with Gasteiger partial charge >= 0.3 is 0 Å². The maximum absolute atomic E-state index is 13.5. The van der Waals surface area contributed by atoms with Crippen LogP contribution < -0.4 is 10.6 Å². The van der Waals surface area contributed by atoms with Crippen LogP contribution in [-0.2, 0) is 9.13 Å². The molecule has 0 saturated carbocycles. The highest BCUT2D eigenvalue weighted by Crippen LogP contribution is 2.54. The fourth-order valence-electron chi connectivity index (χ4n) is 4.16. The zero-order valence-corrected chi connectivity index (χ0v) is 20.4. The summed E-state index contributed by atoms with van der Waals surface area (Å²) in [7, 11) is -4.83. The van der Waals surface area contributed by atoms with Crippen molar-refractivity contribution in [2.24, 2.45) is 0 Å². The van der Waals surface area contributed by atoms with Gasteiger partial charge in [-0.1, -0.05) is 104 Å². The van der Waals surface area contributed by atoms with E-state index in [9.17, 15) is 9.13 Å². The van der Waals surface area contributed by atoms with Crippen LogP contribution in [0.2, 0.25) is 0 Å². The van der Waals surface area contributed by atoms with E-state index in [1.165, 1.54) is 0 Å². The van der Waals surface area contributed by atoms with Crippen molar-refractivity contribution >= 4 is 24.9 Å². The Morgan fingerprint density at radius 2 is 0.679 bits per heavy atom. The predicted molar refractivity (Wildman–Crippen MR) is 127 cm³/mol. The molecular weight excluding hydrogens is 382 g/mol. The zero-order valence-electron chi connectivity index (χ0n) is 18.6. The highest BCUT2D eigenvalue weighted by atomic mass is 31.2. The van der Waals surface area contributed by atoms with E-state index in [4.69, 9.17) is 0 Å². The molecule has 0 bridgehead atoms. The average molecular weight is 418 g/mol. The number of benzene rings is 2. The molecule has 0 aliphatic heterocycles. The van der Waals surface area contributed by atoms with Crippen LogP contribution in [-0.4, -0.2) is 22.6 Å². The lowest BCUT2D eigenvalue weighted by atomic mass is 10.1. The lowest BCUT2D eigenvalue weighted by Gasteiger charge is -2.27. The molecule has 0 amide bonds. The molecule has 0 unspecified atom stereocenters. The minimum Gasteiger partial charge on any atom is -0.318 e. The van der Waals surface area contributed by atoms with E-state index in [1.54, 1.807) is 0 Å². The van der Waals surface area contributed by atoms with Crippen LogP contribution in [0.5, 0.6) is 0 Å². The minimum atomic E-state index is -2.42. The van der Waals surface area contributed by atoms with Crippen molar-refractivity contribution in [1.82, 2.24) is 0 Å².